The van der Waals surface area contributed by atoms with Crippen LogP contribution in [0.3, 0.4) is 0 Å². The molecule has 2 rings (SSSR count). The Labute approximate surface area is 107 Å². The van der Waals surface area contributed by atoms with Crippen LogP contribution in [0.2, 0.25) is 0 Å². The van der Waals surface area contributed by atoms with Crippen molar-refractivity contribution in [1.82, 2.24) is 4.98 Å². The second-order valence-electron chi connectivity index (χ2n) is 4.91. The number of nitrogens with zero attached hydrogens (tertiary/aromatic N) is 1. The number of ether oxygens (including phenoxy) is 2. The second-order valence-corrected chi connectivity index (χ2v) is 4.91. The van der Waals surface area contributed by atoms with E-state index in [0.717, 1.165) is 12.8 Å². The van der Waals surface area contributed by atoms with Gasteiger partial charge in [0.1, 0.15) is 6.10 Å². The zero-order chi connectivity index (χ0) is 13.1. The molecule has 1 aromatic heterocycles. The van der Waals surface area contributed by atoms with E-state index in [1.165, 1.54) is 6.92 Å². The molecule has 0 spiro atoms. The van der Waals surface area contributed by atoms with E-state index in [2.05, 4.69) is 4.98 Å². The average Bonchev–Trinajstić information content (AvgIpc) is 2.27. The van der Waals surface area contributed by atoms with Crippen LogP contribution < -0.4 is 4.74 Å². The molecule has 1 saturated heterocycles. The summed E-state index contributed by atoms with van der Waals surface area (Å²) in [4.78, 5) is 15.4. The lowest BCUT2D eigenvalue weighted by atomic mass is 10.0. The molecule has 1 aliphatic heterocycles. The third-order valence-corrected chi connectivity index (χ3v) is 3.08. The number of ketones is 1. The van der Waals surface area contributed by atoms with Crippen LogP contribution in [0.15, 0.2) is 18.3 Å². The first-order valence-corrected chi connectivity index (χ1v) is 6.33. The van der Waals surface area contributed by atoms with Crippen LogP contribution in [-0.2, 0) is 4.74 Å². The van der Waals surface area contributed by atoms with Gasteiger partial charge in [0.2, 0.25) is 5.88 Å². The van der Waals surface area contributed by atoms with Crippen LogP contribution in [0, 0.1) is 0 Å². The number of aromatic nitrogens is 1. The molecule has 0 radical (unpaired) electrons. The number of hydrogen-bond donors (Lipinski definition) is 0. The summed E-state index contributed by atoms with van der Waals surface area (Å²) in [5.74, 6) is 0.546. The molecule has 4 nitrogen and oxygen atoms in total. The van der Waals surface area contributed by atoms with Gasteiger partial charge in [0.25, 0.3) is 0 Å². The topological polar surface area (TPSA) is 48.4 Å². The minimum Gasteiger partial charge on any atom is -0.474 e. The molecule has 98 valence electrons. The summed E-state index contributed by atoms with van der Waals surface area (Å²) in [5, 5.41) is 0. The minimum atomic E-state index is 0.0240. The number of pyridine rings is 1. The summed E-state index contributed by atoms with van der Waals surface area (Å²) in [6.07, 6.45) is 3.84. The van der Waals surface area contributed by atoms with E-state index in [-0.39, 0.29) is 24.1 Å². The van der Waals surface area contributed by atoms with Crippen molar-refractivity contribution in [2.45, 2.75) is 51.9 Å². The highest BCUT2D eigenvalue weighted by Crippen LogP contribution is 2.23. The summed E-state index contributed by atoms with van der Waals surface area (Å²) < 4.78 is 11.5. The lowest BCUT2D eigenvalue weighted by Crippen LogP contribution is -2.35. The predicted octanol–water partition coefficient (Wildman–Crippen LogP) is 2.62. The molecule has 1 aliphatic rings. The van der Waals surface area contributed by atoms with Crippen molar-refractivity contribution in [3.8, 4) is 5.88 Å². The zero-order valence-corrected chi connectivity index (χ0v) is 11.1. The lowest BCUT2D eigenvalue weighted by molar-refractivity contribution is -0.0729. The smallest absolute Gasteiger partial charge is 0.214 e. The first-order valence-electron chi connectivity index (χ1n) is 6.33. The third-order valence-electron chi connectivity index (χ3n) is 3.08. The van der Waals surface area contributed by atoms with Crippen LogP contribution >= 0.6 is 0 Å². The molecule has 1 fully saturated rings. The highest BCUT2D eigenvalue weighted by atomic mass is 16.5. The highest BCUT2D eigenvalue weighted by molar-refractivity contribution is 5.94. The number of hydrogen-bond acceptors (Lipinski definition) is 4. The van der Waals surface area contributed by atoms with Crippen molar-refractivity contribution >= 4 is 5.78 Å². The van der Waals surface area contributed by atoms with Gasteiger partial charge in [-0.1, -0.05) is 0 Å². The van der Waals surface area contributed by atoms with E-state index in [1.54, 1.807) is 18.3 Å². The maximum absolute atomic E-state index is 11.3. The van der Waals surface area contributed by atoms with Crippen LogP contribution in [-0.4, -0.2) is 29.1 Å². The number of rotatable bonds is 3. The summed E-state index contributed by atoms with van der Waals surface area (Å²) >= 11 is 0. The van der Waals surface area contributed by atoms with E-state index in [4.69, 9.17) is 9.47 Å². The number of Topliss-reactive ketones (excluding diaryl/α,β-unsaturated/α-hetero) is 1. The first-order chi connectivity index (χ1) is 8.54. The molecule has 0 saturated carbocycles. The van der Waals surface area contributed by atoms with Gasteiger partial charge in [0.15, 0.2) is 5.78 Å². The Hall–Kier alpha value is -1.42. The number of carbonyl (C=O) groups is 1. The van der Waals surface area contributed by atoms with Crippen molar-refractivity contribution in [2.24, 2.45) is 0 Å². The van der Waals surface area contributed by atoms with E-state index in [9.17, 15) is 4.79 Å². The summed E-state index contributed by atoms with van der Waals surface area (Å²) in [6.45, 7) is 5.63. The van der Waals surface area contributed by atoms with Crippen molar-refractivity contribution in [3.05, 3.63) is 23.9 Å². The van der Waals surface area contributed by atoms with Crippen molar-refractivity contribution in [1.29, 1.82) is 0 Å². The SMILES string of the molecule is CC(=O)c1ccnc(OC2CC(C)OC(C)C2)c1. The molecule has 2 atom stereocenters. The molecular weight excluding hydrogens is 230 g/mol. The summed E-state index contributed by atoms with van der Waals surface area (Å²) in [5.41, 5.74) is 0.633. The molecule has 1 aromatic rings. The second kappa shape index (κ2) is 5.48. The fourth-order valence-corrected chi connectivity index (χ4v) is 2.30. The summed E-state index contributed by atoms with van der Waals surface area (Å²) in [6, 6.07) is 3.40. The van der Waals surface area contributed by atoms with Crippen molar-refractivity contribution in [2.75, 3.05) is 0 Å². The van der Waals surface area contributed by atoms with Gasteiger partial charge >= 0.3 is 0 Å². The van der Waals surface area contributed by atoms with Gasteiger partial charge in [-0.2, -0.15) is 0 Å². The Kier molecular flexibility index (Phi) is 3.97. The van der Waals surface area contributed by atoms with Gasteiger partial charge in [-0.15, -0.1) is 0 Å². The molecule has 2 heterocycles. The van der Waals surface area contributed by atoms with Crippen LogP contribution in [0.5, 0.6) is 5.88 Å². The minimum absolute atomic E-state index is 0.0240. The maximum Gasteiger partial charge on any atom is 0.214 e. The van der Waals surface area contributed by atoms with Gasteiger partial charge in [0, 0.05) is 30.7 Å². The highest BCUT2D eigenvalue weighted by Gasteiger charge is 2.26. The normalized spacial score (nSPS) is 27.8. The quantitative estimate of drug-likeness (QED) is 0.773. The van der Waals surface area contributed by atoms with Crippen molar-refractivity contribution in [3.63, 3.8) is 0 Å². The Bertz CT molecular complexity index is 423. The van der Waals surface area contributed by atoms with Crippen LogP contribution in [0.4, 0.5) is 0 Å². The molecule has 4 heteroatoms. The van der Waals surface area contributed by atoms with Gasteiger partial charge in [-0.3, -0.25) is 4.79 Å². The molecule has 0 amide bonds. The fourth-order valence-electron chi connectivity index (χ4n) is 2.30. The monoisotopic (exact) mass is 249 g/mol. The van der Waals surface area contributed by atoms with E-state index in [0.29, 0.717) is 11.4 Å². The van der Waals surface area contributed by atoms with Gasteiger partial charge in [-0.25, -0.2) is 4.98 Å². The van der Waals surface area contributed by atoms with E-state index >= 15 is 0 Å². The lowest BCUT2D eigenvalue weighted by Gasteiger charge is -2.31. The van der Waals surface area contributed by atoms with Crippen LogP contribution in [0.1, 0.15) is 44.0 Å². The van der Waals surface area contributed by atoms with Gasteiger partial charge in [0.05, 0.1) is 12.2 Å². The van der Waals surface area contributed by atoms with Crippen LogP contribution in [0.25, 0.3) is 0 Å². The van der Waals surface area contributed by atoms with Crippen molar-refractivity contribution < 1.29 is 14.3 Å². The Morgan fingerprint density at radius 2 is 2.06 bits per heavy atom. The summed E-state index contributed by atoms with van der Waals surface area (Å²) in [7, 11) is 0. The molecular formula is C14H19NO3. The zero-order valence-electron chi connectivity index (χ0n) is 11.1. The fraction of sp³-hybridized carbons (Fsp3) is 0.571. The molecule has 0 aromatic carbocycles. The maximum atomic E-state index is 11.3. The molecule has 0 bridgehead atoms. The first kappa shape index (κ1) is 13.0. The average molecular weight is 249 g/mol. The number of carbonyl (C=O) groups excluding carboxylic acids is 1. The Morgan fingerprint density at radius 1 is 1.39 bits per heavy atom. The largest absolute Gasteiger partial charge is 0.474 e. The van der Waals surface area contributed by atoms with Gasteiger partial charge < -0.3 is 9.47 Å². The molecule has 0 aliphatic carbocycles. The Morgan fingerprint density at radius 3 is 2.67 bits per heavy atom. The third kappa shape index (κ3) is 3.29. The predicted molar refractivity (Wildman–Crippen MR) is 67.9 cm³/mol. The van der Waals surface area contributed by atoms with E-state index in [1.807, 2.05) is 13.8 Å². The standard InChI is InChI=1S/C14H19NO3/c1-9-6-13(7-10(2)17-9)18-14-8-12(11(3)16)4-5-15-14/h4-5,8-10,13H,6-7H2,1-3H3. The van der Waals surface area contributed by atoms with Gasteiger partial charge in [-0.05, 0) is 26.8 Å². The Balaban J connectivity index is 2.04. The molecule has 18 heavy (non-hydrogen) atoms. The van der Waals surface area contributed by atoms with E-state index < -0.39 is 0 Å². The molecule has 2 unspecified atom stereocenters. The molecule has 0 N–H and O–H groups in total.